The van der Waals surface area contributed by atoms with E-state index >= 15 is 0 Å². The Balaban J connectivity index is 1.25. The predicted molar refractivity (Wildman–Crippen MR) is 86.3 cm³/mol. The molecule has 6 heteroatoms. The van der Waals surface area contributed by atoms with E-state index in [0.29, 0.717) is 38.9 Å². The van der Waals surface area contributed by atoms with E-state index in [1.165, 1.54) is 0 Å². The minimum absolute atomic E-state index is 0.453. The standard InChI is InChI=1S/C17H19N3O3/c1-2-4-14(5-3-1)13-22-7-6-21-8-9-23-17-10-15-11-19-20-16(15)12-18-17/h1-5,10-12H,6-9,13H2,(H,19,20). The van der Waals surface area contributed by atoms with Crippen molar-refractivity contribution in [1.82, 2.24) is 15.2 Å². The van der Waals surface area contributed by atoms with Gasteiger partial charge in [0.1, 0.15) is 6.61 Å². The molecule has 0 amide bonds. The van der Waals surface area contributed by atoms with Gasteiger partial charge in [-0.1, -0.05) is 30.3 Å². The van der Waals surface area contributed by atoms with Crippen molar-refractivity contribution in [3.63, 3.8) is 0 Å². The van der Waals surface area contributed by atoms with Crippen LogP contribution in [0.2, 0.25) is 0 Å². The zero-order valence-corrected chi connectivity index (χ0v) is 12.8. The molecule has 0 atom stereocenters. The van der Waals surface area contributed by atoms with E-state index in [0.717, 1.165) is 16.5 Å². The van der Waals surface area contributed by atoms with Gasteiger partial charge >= 0.3 is 0 Å². The van der Waals surface area contributed by atoms with E-state index in [2.05, 4.69) is 15.2 Å². The maximum absolute atomic E-state index is 5.54. The number of benzene rings is 1. The van der Waals surface area contributed by atoms with Crippen molar-refractivity contribution < 1.29 is 14.2 Å². The molecule has 0 saturated carbocycles. The van der Waals surface area contributed by atoms with Crippen LogP contribution in [0.3, 0.4) is 0 Å². The summed E-state index contributed by atoms with van der Waals surface area (Å²) in [6.45, 7) is 2.67. The Kier molecular flexibility index (Phi) is 5.55. The molecule has 0 aliphatic carbocycles. The summed E-state index contributed by atoms with van der Waals surface area (Å²) in [7, 11) is 0. The zero-order chi connectivity index (χ0) is 15.7. The minimum Gasteiger partial charge on any atom is -0.475 e. The lowest BCUT2D eigenvalue weighted by molar-refractivity contribution is 0.0299. The first-order chi connectivity index (χ1) is 11.4. The van der Waals surface area contributed by atoms with Crippen molar-refractivity contribution in [3.05, 3.63) is 54.4 Å². The predicted octanol–water partition coefficient (Wildman–Crippen LogP) is 2.57. The molecule has 3 rings (SSSR count). The molecule has 0 aliphatic rings. The number of ether oxygens (including phenoxy) is 3. The second kappa shape index (κ2) is 8.26. The highest BCUT2D eigenvalue weighted by molar-refractivity contribution is 5.77. The molecular formula is C17H19N3O3. The monoisotopic (exact) mass is 313 g/mol. The van der Waals surface area contributed by atoms with Crippen molar-refractivity contribution in [2.24, 2.45) is 0 Å². The second-order valence-electron chi connectivity index (χ2n) is 4.98. The van der Waals surface area contributed by atoms with Crippen molar-refractivity contribution in [1.29, 1.82) is 0 Å². The highest BCUT2D eigenvalue weighted by atomic mass is 16.5. The van der Waals surface area contributed by atoms with Crippen LogP contribution in [0.25, 0.3) is 10.9 Å². The van der Waals surface area contributed by atoms with E-state index in [4.69, 9.17) is 14.2 Å². The first-order valence-corrected chi connectivity index (χ1v) is 7.53. The van der Waals surface area contributed by atoms with Crippen molar-refractivity contribution in [2.75, 3.05) is 26.4 Å². The van der Waals surface area contributed by atoms with Crippen molar-refractivity contribution in [2.45, 2.75) is 6.61 Å². The first kappa shape index (κ1) is 15.5. The van der Waals surface area contributed by atoms with Crippen molar-refractivity contribution in [3.8, 4) is 5.88 Å². The molecular weight excluding hydrogens is 294 g/mol. The lowest BCUT2D eigenvalue weighted by Crippen LogP contribution is -2.11. The van der Waals surface area contributed by atoms with Crippen LogP contribution in [0.1, 0.15) is 5.56 Å². The number of H-pyrrole nitrogens is 1. The fourth-order valence-corrected chi connectivity index (χ4v) is 2.09. The van der Waals surface area contributed by atoms with Gasteiger partial charge in [-0.15, -0.1) is 0 Å². The smallest absolute Gasteiger partial charge is 0.214 e. The quantitative estimate of drug-likeness (QED) is 0.615. The molecule has 23 heavy (non-hydrogen) atoms. The summed E-state index contributed by atoms with van der Waals surface area (Å²) >= 11 is 0. The number of fused-ring (bicyclic) bond motifs is 1. The largest absolute Gasteiger partial charge is 0.475 e. The van der Waals surface area contributed by atoms with Gasteiger partial charge in [-0.25, -0.2) is 4.98 Å². The first-order valence-electron chi connectivity index (χ1n) is 7.53. The fraction of sp³-hybridized carbons (Fsp3) is 0.294. The van der Waals surface area contributed by atoms with Crippen LogP contribution >= 0.6 is 0 Å². The fourth-order valence-electron chi connectivity index (χ4n) is 2.09. The molecule has 0 aliphatic heterocycles. The highest BCUT2D eigenvalue weighted by Crippen LogP contribution is 2.14. The number of rotatable bonds is 9. The molecule has 120 valence electrons. The number of hydrogen-bond donors (Lipinski definition) is 1. The number of aromatic nitrogens is 3. The molecule has 1 aromatic carbocycles. The molecule has 0 radical (unpaired) electrons. The summed E-state index contributed by atoms with van der Waals surface area (Å²) in [5.41, 5.74) is 2.06. The summed E-state index contributed by atoms with van der Waals surface area (Å²) in [4.78, 5) is 4.19. The molecule has 0 bridgehead atoms. The lowest BCUT2D eigenvalue weighted by Gasteiger charge is -2.07. The number of pyridine rings is 1. The normalized spacial score (nSPS) is 11.0. The highest BCUT2D eigenvalue weighted by Gasteiger charge is 2.00. The van der Waals surface area contributed by atoms with E-state index in [1.807, 2.05) is 36.4 Å². The van der Waals surface area contributed by atoms with E-state index in [9.17, 15) is 0 Å². The van der Waals surface area contributed by atoms with Gasteiger partial charge in [0.15, 0.2) is 0 Å². The Hall–Kier alpha value is -2.44. The zero-order valence-electron chi connectivity index (χ0n) is 12.8. The van der Waals surface area contributed by atoms with Gasteiger partial charge in [-0.2, -0.15) is 5.10 Å². The molecule has 0 spiro atoms. The van der Waals surface area contributed by atoms with Gasteiger partial charge < -0.3 is 14.2 Å². The molecule has 0 saturated heterocycles. The topological polar surface area (TPSA) is 69.3 Å². The maximum Gasteiger partial charge on any atom is 0.214 e. The van der Waals surface area contributed by atoms with E-state index < -0.39 is 0 Å². The number of nitrogens with one attached hydrogen (secondary N) is 1. The maximum atomic E-state index is 5.54. The van der Waals surface area contributed by atoms with E-state index in [1.54, 1.807) is 12.4 Å². The lowest BCUT2D eigenvalue weighted by atomic mass is 10.2. The molecule has 3 aromatic rings. The summed E-state index contributed by atoms with van der Waals surface area (Å²) < 4.78 is 16.5. The summed E-state index contributed by atoms with van der Waals surface area (Å²) in [6.07, 6.45) is 3.44. The Labute approximate surface area is 134 Å². The Bertz CT molecular complexity index is 715. The molecule has 0 unspecified atom stereocenters. The summed E-state index contributed by atoms with van der Waals surface area (Å²) in [6, 6.07) is 11.9. The number of hydrogen-bond acceptors (Lipinski definition) is 5. The van der Waals surface area contributed by atoms with Crippen LogP contribution in [0, 0.1) is 0 Å². The van der Waals surface area contributed by atoms with Crippen LogP contribution in [0.15, 0.2) is 48.8 Å². The Morgan fingerprint density at radius 1 is 0.913 bits per heavy atom. The van der Waals surface area contributed by atoms with Crippen LogP contribution < -0.4 is 4.74 Å². The minimum atomic E-state index is 0.453. The molecule has 6 nitrogen and oxygen atoms in total. The van der Waals surface area contributed by atoms with Crippen LogP contribution in [-0.2, 0) is 16.1 Å². The van der Waals surface area contributed by atoms with Crippen LogP contribution in [0.5, 0.6) is 5.88 Å². The average Bonchev–Trinajstić information content (AvgIpc) is 3.06. The van der Waals surface area contributed by atoms with Gasteiger partial charge in [0.25, 0.3) is 0 Å². The van der Waals surface area contributed by atoms with Gasteiger partial charge in [0.05, 0.1) is 44.3 Å². The van der Waals surface area contributed by atoms with Gasteiger partial charge in [0.2, 0.25) is 5.88 Å². The van der Waals surface area contributed by atoms with E-state index in [-0.39, 0.29) is 0 Å². The van der Waals surface area contributed by atoms with Gasteiger partial charge in [-0.05, 0) is 5.56 Å². The number of aromatic amines is 1. The molecule has 0 fully saturated rings. The van der Waals surface area contributed by atoms with Crippen LogP contribution in [0.4, 0.5) is 0 Å². The van der Waals surface area contributed by atoms with Crippen LogP contribution in [-0.4, -0.2) is 41.6 Å². The molecule has 2 aromatic heterocycles. The molecule has 2 heterocycles. The summed E-state index contributed by atoms with van der Waals surface area (Å²) in [5.74, 6) is 0.572. The third kappa shape index (κ3) is 4.77. The van der Waals surface area contributed by atoms with Gasteiger partial charge in [-0.3, -0.25) is 5.10 Å². The summed E-state index contributed by atoms with van der Waals surface area (Å²) in [5, 5.41) is 7.77. The average molecular weight is 313 g/mol. The van der Waals surface area contributed by atoms with Gasteiger partial charge in [0, 0.05) is 11.5 Å². The number of nitrogens with zero attached hydrogens (tertiary/aromatic N) is 2. The molecule has 1 N–H and O–H groups in total. The third-order valence-electron chi connectivity index (χ3n) is 3.26. The van der Waals surface area contributed by atoms with Crippen molar-refractivity contribution >= 4 is 10.9 Å². The Morgan fingerprint density at radius 2 is 1.74 bits per heavy atom. The third-order valence-corrected chi connectivity index (χ3v) is 3.26. The Morgan fingerprint density at radius 3 is 2.65 bits per heavy atom. The second-order valence-corrected chi connectivity index (χ2v) is 4.98. The SMILES string of the molecule is c1ccc(COCCOCCOc2cc3cn[nH]c3cn2)cc1.